The Kier molecular flexibility index (Phi) is 4.08. The molecule has 0 spiro atoms. The third-order valence-corrected chi connectivity index (χ3v) is 2.63. The van der Waals surface area contributed by atoms with E-state index in [4.69, 9.17) is 10.3 Å². The Hall–Kier alpha value is -0.900. The van der Waals surface area contributed by atoms with E-state index >= 15 is 0 Å². The number of aryl methyl sites for hydroxylation is 1. The lowest BCUT2D eigenvalue weighted by Gasteiger charge is -2.23. The van der Waals surface area contributed by atoms with Crippen LogP contribution in [-0.4, -0.2) is 10.1 Å². The molecular formula is C12H23N3O. The Morgan fingerprint density at radius 3 is 2.44 bits per heavy atom. The highest BCUT2D eigenvalue weighted by atomic mass is 16.5. The Bertz CT molecular complexity index is 325. The fourth-order valence-corrected chi connectivity index (χ4v) is 1.30. The van der Waals surface area contributed by atoms with Gasteiger partial charge in [-0.2, -0.15) is 4.98 Å². The molecule has 0 aromatic carbocycles. The van der Waals surface area contributed by atoms with Gasteiger partial charge < -0.3 is 10.3 Å². The Labute approximate surface area is 97.6 Å². The van der Waals surface area contributed by atoms with E-state index in [1.165, 1.54) is 0 Å². The van der Waals surface area contributed by atoms with E-state index in [1.54, 1.807) is 0 Å². The molecule has 4 nitrogen and oxygen atoms in total. The highest BCUT2D eigenvalue weighted by Crippen LogP contribution is 2.28. The summed E-state index contributed by atoms with van der Waals surface area (Å²) in [7, 11) is 0. The van der Waals surface area contributed by atoms with Crippen LogP contribution in [0.15, 0.2) is 4.52 Å². The van der Waals surface area contributed by atoms with E-state index in [-0.39, 0.29) is 11.5 Å². The molecule has 1 rings (SSSR count). The van der Waals surface area contributed by atoms with Crippen molar-refractivity contribution in [3.8, 4) is 0 Å². The van der Waals surface area contributed by atoms with E-state index in [2.05, 4.69) is 44.8 Å². The summed E-state index contributed by atoms with van der Waals surface area (Å²) < 4.78 is 5.19. The van der Waals surface area contributed by atoms with Crippen LogP contribution < -0.4 is 5.73 Å². The molecule has 0 aliphatic rings. The van der Waals surface area contributed by atoms with Gasteiger partial charge in [0.05, 0.1) is 6.04 Å². The lowest BCUT2D eigenvalue weighted by molar-refractivity contribution is 0.299. The molecule has 16 heavy (non-hydrogen) atoms. The molecule has 0 aliphatic heterocycles. The predicted octanol–water partition coefficient (Wildman–Crippen LogP) is 2.70. The number of hydrogen-bond donors (Lipinski definition) is 1. The summed E-state index contributed by atoms with van der Waals surface area (Å²) in [6.07, 6.45) is 1.90. The Morgan fingerprint density at radius 2 is 1.94 bits per heavy atom. The van der Waals surface area contributed by atoms with Crippen LogP contribution in [0.25, 0.3) is 0 Å². The minimum atomic E-state index is -0.177. The van der Waals surface area contributed by atoms with E-state index in [0.717, 1.165) is 12.8 Å². The van der Waals surface area contributed by atoms with Gasteiger partial charge in [-0.3, -0.25) is 0 Å². The molecular weight excluding hydrogens is 202 g/mol. The molecule has 0 saturated heterocycles. The minimum absolute atomic E-state index is 0.0425. The average Bonchev–Trinajstić information content (AvgIpc) is 2.60. The average molecular weight is 225 g/mol. The summed E-state index contributed by atoms with van der Waals surface area (Å²) in [5, 5.41) is 3.95. The van der Waals surface area contributed by atoms with E-state index in [9.17, 15) is 0 Å². The summed E-state index contributed by atoms with van der Waals surface area (Å²) in [5.74, 6) is 1.96. The minimum Gasteiger partial charge on any atom is -0.339 e. The monoisotopic (exact) mass is 225 g/mol. The molecule has 1 heterocycles. The normalized spacial score (nSPS) is 14.4. The highest BCUT2D eigenvalue weighted by molar-refractivity contribution is 4.98. The van der Waals surface area contributed by atoms with Crippen LogP contribution >= 0.6 is 0 Å². The van der Waals surface area contributed by atoms with Gasteiger partial charge in [-0.1, -0.05) is 39.8 Å². The fraction of sp³-hybridized carbons (Fsp3) is 0.833. The van der Waals surface area contributed by atoms with Crippen LogP contribution in [0.1, 0.15) is 58.8 Å². The molecule has 1 aromatic rings. The van der Waals surface area contributed by atoms with Crippen molar-refractivity contribution >= 4 is 0 Å². The molecule has 1 aromatic heterocycles. The van der Waals surface area contributed by atoms with Crippen molar-refractivity contribution in [3.05, 3.63) is 11.7 Å². The second-order valence-corrected chi connectivity index (χ2v) is 5.82. The zero-order chi connectivity index (χ0) is 12.3. The van der Waals surface area contributed by atoms with Gasteiger partial charge >= 0.3 is 0 Å². The summed E-state index contributed by atoms with van der Waals surface area (Å²) in [4.78, 5) is 4.35. The van der Waals surface area contributed by atoms with Crippen molar-refractivity contribution < 1.29 is 4.52 Å². The number of nitrogens with zero attached hydrogens (tertiary/aromatic N) is 2. The van der Waals surface area contributed by atoms with Gasteiger partial charge in [0, 0.05) is 6.42 Å². The maximum absolute atomic E-state index is 6.06. The Morgan fingerprint density at radius 1 is 1.31 bits per heavy atom. The molecule has 0 aliphatic carbocycles. The molecule has 1 atom stereocenters. The molecule has 1 unspecified atom stereocenters. The van der Waals surface area contributed by atoms with Crippen LogP contribution in [0.2, 0.25) is 0 Å². The molecule has 0 fully saturated rings. The van der Waals surface area contributed by atoms with Crippen molar-refractivity contribution in [1.29, 1.82) is 0 Å². The van der Waals surface area contributed by atoms with Crippen molar-refractivity contribution in [3.63, 3.8) is 0 Å². The molecule has 4 heteroatoms. The largest absolute Gasteiger partial charge is 0.339 e. The third kappa shape index (κ3) is 3.59. The van der Waals surface area contributed by atoms with Crippen molar-refractivity contribution in [2.45, 2.75) is 53.5 Å². The first-order valence-electron chi connectivity index (χ1n) is 5.88. The summed E-state index contributed by atoms with van der Waals surface area (Å²) in [6, 6.07) is -0.177. The van der Waals surface area contributed by atoms with Gasteiger partial charge in [-0.05, 0) is 17.8 Å². The predicted molar refractivity (Wildman–Crippen MR) is 63.8 cm³/mol. The smallest absolute Gasteiger partial charge is 0.226 e. The van der Waals surface area contributed by atoms with Crippen molar-refractivity contribution in [2.75, 3.05) is 0 Å². The van der Waals surface area contributed by atoms with Gasteiger partial charge in [-0.25, -0.2) is 0 Å². The second kappa shape index (κ2) is 4.95. The van der Waals surface area contributed by atoms with E-state index < -0.39 is 0 Å². The summed E-state index contributed by atoms with van der Waals surface area (Å²) in [6.45, 7) is 10.6. The maximum Gasteiger partial charge on any atom is 0.226 e. The van der Waals surface area contributed by atoms with Crippen LogP contribution in [-0.2, 0) is 6.42 Å². The van der Waals surface area contributed by atoms with Crippen LogP contribution in [0.5, 0.6) is 0 Å². The number of aromatic nitrogens is 2. The summed E-state index contributed by atoms with van der Waals surface area (Å²) in [5.41, 5.74) is 6.01. The van der Waals surface area contributed by atoms with Gasteiger partial charge in [0.15, 0.2) is 5.82 Å². The van der Waals surface area contributed by atoms with Gasteiger partial charge in [0.1, 0.15) is 0 Å². The molecule has 0 saturated carbocycles. The lowest BCUT2D eigenvalue weighted by Crippen LogP contribution is -2.27. The van der Waals surface area contributed by atoms with Crippen LogP contribution in [0.3, 0.4) is 0 Å². The fourth-order valence-electron chi connectivity index (χ4n) is 1.30. The molecule has 2 N–H and O–H groups in total. The first kappa shape index (κ1) is 13.2. The van der Waals surface area contributed by atoms with Gasteiger partial charge in [0.2, 0.25) is 5.89 Å². The molecule has 0 amide bonds. The number of nitrogens with two attached hydrogens (primary N) is 1. The SMILES string of the molecule is CC(C)CCc1nc(C(N)C(C)(C)C)no1. The van der Waals surface area contributed by atoms with Gasteiger partial charge in [-0.15, -0.1) is 0 Å². The van der Waals surface area contributed by atoms with Crippen LogP contribution in [0, 0.1) is 11.3 Å². The van der Waals surface area contributed by atoms with Gasteiger partial charge in [0.25, 0.3) is 0 Å². The zero-order valence-corrected chi connectivity index (χ0v) is 10.9. The maximum atomic E-state index is 6.06. The first-order valence-corrected chi connectivity index (χ1v) is 5.88. The number of hydrogen-bond acceptors (Lipinski definition) is 4. The zero-order valence-electron chi connectivity index (χ0n) is 10.9. The lowest BCUT2D eigenvalue weighted by atomic mass is 9.87. The van der Waals surface area contributed by atoms with Crippen molar-refractivity contribution in [2.24, 2.45) is 17.1 Å². The number of rotatable bonds is 4. The van der Waals surface area contributed by atoms with E-state index in [1.807, 2.05) is 0 Å². The quantitative estimate of drug-likeness (QED) is 0.855. The first-order chi connectivity index (χ1) is 7.30. The second-order valence-electron chi connectivity index (χ2n) is 5.82. The summed E-state index contributed by atoms with van der Waals surface area (Å²) >= 11 is 0. The van der Waals surface area contributed by atoms with Crippen LogP contribution in [0.4, 0.5) is 0 Å². The standard InChI is InChI=1S/C12H23N3O/c1-8(2)6-7-9-14-11(15-16-9)10(13)12(3,4)5/h8,10H,6-7,13H2,1-5H3. The van der Waals surface area contributed by atoms with Crippen molar-refractivity contribution in [1.82, 2.24) is 10.1 Å². The third-order valence-electron chi connectivity index (χ3n) is 2.63. The molecule has 0 radical (unpaired) electrons. The molecule has 0 bridgehead atoms. The van der Waals surface area contributed by atoms with E-state index in [0.29, 0.717) is 17.6 Å². The topological polar surface area (TPSA) is 64.9 Å². The molecule has 92 valence electrons. The Balaban J connectivity index is 2.64. The highest BCUT2D eigenvalue weighted by Gasteiger charge is 2.26.